The number of benzene rings is 2. The molecule has 0 radical (unpaired) electrons. The highest BCUT2D eigenvalue weighted by Gasteiger charge is 2.40. The van der Waals surface area contributed by atoms with Gasteiger partial charge >= 0.3 is 0 Å². The predicted octanol–water partition coefficient (Wildman–Crippen LogP) is 2.64. The second-order valence-corrected chi connectivity index (χ2v) is 5.98. The van der Waals surface area contributed by atoms with Crippen LogP contribution >= 0.6 is 11.6 Å². The highest BCUT2D eigenvalue weighted by Crippen LogP contribution is 2.24. The van der Waals surface area contributed by atoms with Gasteiger partial charge in [0.25, 0.3) is 11.8 Å². The highest BCUT2D eigenvalue weighted by molar-refractivity contribution is 6.30. The quantitative estimate of drug-likeness (QED) is 0.869. The molecule has 2 aromatic carbocycles. The largest absolute Gasteiger partial charge is 0.350 e. The molecule has 0 saturated carbocycles. The first-order chi connectivity index (χ1) is 11.5. The van der Waals surface area contributed by atoms with Gasteiger partial charge in [-0.25, -0.2) is 0 Å². The number of hydrogen-bond acceptors (Lipinski definition) is 3. The van der Waals surface area contributed by atoms with Gasteiger partial charge in [0.05, 0.1) is 11.1 Å². The van der Waals surface area contributed by atoms with Crippen molar-refractivity contribution in [3.63, 3.8) is 0 Å². The number of fused-ring (bicyclic) bond motifs is 1. The van der Waals surface area contributed by atoms with Crippen LogP contribution in [0.15, 0.2) is 48.5 Å². The number of nitrogens with one attached hydrogen (secondary N) is 1. The van der Waals surface area contributed by atoms with Gasteiger partial charge < -0.3 is 5.32 Å². The van der Waals surface area contributed by atoms with Crippen molar-refractivity contribution in [2.45, 2.75) is 19.5 Å². The van der Waals surface area contributed by atoms with Crippen molar-refractivity contribution in [2.75, 3.05) is 0 Å². The number of carbonyl (C=O) groups excluding carboxylic acids is 3. The summed E-state index contributed by atoms with van der Waals surface area (Å²) in [7, 11) is 0. The van der Waals surface area contributed by atoms with E-state index in [1.54, 1.807) is 55.5 Å². The Kier molecular flexibility index (Phi) is 4.36. The number of amides is 3. The summed E-state index contributed by atoms with van der Waals surface area (Å²) in [6.07, 6.45) is 0. The molecule has 122 valence electrons. The lowest BCUT2D eigenvalue weighted by molar-refractivity contribution is -0.124. The van der Waals surface area contributed by atoms with E-state index in [0.29, 0.717) is 22.7 Å². The summed E-state index contributed by atoms with van der Waals surface area (Å²) in [5.74, 6) is -1.27. The number of hydrogen-bond donors (Lipinski definition) is 1. The third kappa shape index (κ3) is 2.90. The van der Waals surface area contributed by atoms with E-state index in [1.165, 1.54) is 0 Å². The summed E-state index contributed by atoms with van der Waals surface area (Å²) in [5, 5.41) is 3.35. The summed E-state index contributed by atoms with van der Waals surface area (Å²) >= 11 is 5.82. The lowest BCUT2D eigenvalue weighted by atomic mass is 10.1. The molecule has 3 rings (SSSR count). The number of rotatable bonds is 4. The third-order valence-corrected chi connectivity index (χ3v) is 4.22. The normalized spacial score (nSPS) is 14.5. The molecule has 24 heavy (non-hydrogen) atoms. The molecule has 5 nitrogen and oxygen atoms in total. The summed E-state index contributed by atoms with van der Waals surface area (Å²) in [4.78, 5) is 38.1. The first-order valence-electron chi connectivity index (χ1n) is 7.48. The van der Waals surface area contributed by atoms with Gasteiger partial charge in [0.15, 0.2) is 0 Å². The molecule has 0 fully saturated rings. The van der Waals surface area contributed by atoms with Gasteiger partial charge in [0.2, 0.25) is 5.91 Å². The lowest BCUT2D eigenvalue weighted by Gasteiger charge is -2.21. The van der Waals surface area contributed by atoms with E-state index in [-0.39, 0.29) is 5.91 Å². The minimum absolute atomic E-state index is 0.295. The zero-order chi connectivity index (χ0) is 17.3. The van der Waals surface area contributed by atoms with Gasteiger partial charge in [0, 0.05) is 11.6 Å². The maximum Gasteiger partial charge on any atom is 0.262 e. The van der Waals surface area contributed by atoms with E-state index in [2.05, 4.69) is 5.32 Å². The van der Waals surface area contributed by atoms with E-state index in [4.69, 9.17) is 11.6 Å². The van der Waals surface area contributed by atoms with E-state index < -0.39 is 17.9 Å². The van der Waals surface area contributed by atoms with Crippen molar-refractivity contribution < 1.29 is 14.4 Å². The van der Waals surface area contributed by atoms with Gasteiger partial charge in [-0.2, -0.15) is 0 Å². The second kappa shape index (κ2) is 6.45. The van der Waals surface area contributed by atoms with E-state index in [9.17, 15) is 14.4 Å². The molecule has 0 bridgehead atoms. The maximum absolute atomic E-state index is 12.4. The molecule has 0 unspecified atom stereocenters. The topological polar surface area (TPSA) is 66.5 Å². The lowest BCUT2D eigenvalue weighted by Crippen LogP contribution is -2.47. The van der Waals surface area contributed by atoms with Gasteiger partial charge in [-0.1, -0.05) is 35.9 Å². The van der Waals surface area contributed by atoms with Crippen molar-refractivity contribution in [3.8, 4) is 0 Å². The summed E-state index contributed by atoms with van der Waals surface area (Å²) < 4.78 is 0. The van der Waals surface area contributed by atoms with E-state index in [1.807, 2.05) is 0 Å². The minimum Gasteiger partial charge on any atom is -0.350 e. The number of imide groups is 1. The van der Waals surface area contributed by atoms with Crippen molar-refractivity contribution >= 4 is 29.3 Å². The molecule has 3 amide bonds. The van der Waals surface area contributed by atoms with Crippen LogP contribution < -0.4 is 5.32 Å². The molecular formula is C18H15ClN2O3. The van der Waals surface area contributed by atoms with Gasteiger partial charge in [0.1, 0.15) is 6.04 Å². The molecule has 1 heterocycles. The molecule has 2 aromatic rings. The Labute approximate surface area is 144 Å². The Bertz CT molecular complexity index is 782. The smallest absolute Gasteiger partial charge is 0.262 e. The fraction of sp³-hybridized carbons (Fsp3) is 0.167. The van der Waals surface area contributed by atoms with Gasteiger partial charge in [-0.05, 0) is 36.8 Å². The first kappa shape index (κ1) is 16.2. The Morgan fingerprint density at radius 2 is 1.58 bits per heavy atom. The van der Waals surface area contributed by atoms with Gasteiger partial charge in [-0.3, -0.25) is 19.3 Å². The van der Waals surface area contributed by atoms with E-state index >= 15 is 0 Å². The van der Waals surface area contributed by atoms with Crippen LogP contribution in [0.25, 0.3) is 0 Å². The Morgan fingerprint density at radius 1 is 1.04 bits per heavy atom. The molecule has 0 aromatic heterocycles. The minimum atomic E-state index is -0.885. The monoisotopic (exact) mass is 342 g/mol. The average molecular weight is 343 g/mol. The number of nitrogens with zero attached hydrogens (tertiary/aromatic N) is 1. The molecule has 1 N–H and O–H groups in total. The van der Waals surface area contributed by atoms with Crippen molar-refractivity contribution in [1.29, 1.82) is 0 Å². The van der Waals surface area contributed by atoms with Crippen LogP contribution in [0.1, 0.15) is 33.2 Å². The molecule has 0 aliphatic carbocycles. The summed E-state index contributed by atoms with van der Waals surface area (Å²) in [6.45, 7) is 1.84. The number of halogens is 1. The fourth-order valence-electron chi connectivity index (χ4n) is 2.62. The van der Waals surface area contributed by atoms with Crippen LogP contribution in [0.2, 0.25) is 5.02 Å². The molecule has 1 aliphatic heterocycles. The van der Waals surface area contributed by atoms with Crippen molar-refractivity contribution in [2.24, 2.45) is 0 Å². The summed E-state index contributed by atoms with van der Waals surface area (Å²) in [6, 6.07) is 12.8. The zero-order valence-corrected chi connectivity index (χ0v) is 13.7. The van der Waals surface area contributed by atoms with Crippen molar-refractivity contribution in [1.82, 2.24) is 10.2 Å². The molecular weight excluding hydrogens is 328 g/mol. The Morgan fingerprint density at radius 3 is 2.12 bits per heavy atom. The van der Waals surface area contributed by atoms with Crippen LogP contribution in [-0.4, -0.2) is 28.7 Å². The fourth-order valence-corrected chi connectivity index (χ4v) is 2.74. The molecule has 6 heteroatoms. The zero-order valence-electron chi connectivity index (χ0n) is 13.0. The highest BCUT2D eigenvalue weighted by atomic mass is 35.5. The first-order valence-corrected chi connectivity index (χ1v) is 7.86. The number of carbonyl (C=O) groups is 3. The Balaban J connectivity index is 1.69. The molecule has 0 spiro atoms. The van der Waals surface area contributed by atoms with E-state index in [0.717, 1.165) is 10.5 Å². The van der Waals surface area contributed by atoms with Crippen LogP contribution in [0.5, 0.6) is 0 Å². The van der Waals surface area contributed by atoms with Crippen molar-refractivity contribution in [3.05, 3.63) is 70.2 Å². The maximum atomic E-state index is 12.4. The molecule has 0 saturated heterocycles. The standard InChI is InChI=1S/C18H15ClN2O3/c1-11(16(22)20-10-12-6-8-13(19)9-7-12)21-17(23)14-4-2-3-5-15(14)18(21)24/h2-9,11H,10H2,1H3,(H,20,22)/t11-/m0/s1. The Hall–Kier alpha value is -2.66. The second-order valence-electron chi connectivity index (χ2n) is 5.55. The molecule has 1 atom stereocenters. The molecule has 1 aliphatic rings. The van der Waals surface area contributed by atoms with Crippen LogP contribution in [0.3, 0.4) is 0 Å². The SMILES string of the molecule is C[C@@H](C(=O)NCc1ccc(Cl)cc1)N1C(=O)c2ccccc2C1=O. The van der Waals surface area contributed by atoms with Crippen LogP contribution in [0.4, 0.5) is 0 Å². The average Bonchev–Trinajstić information content (AvgIpc) is 2.85. The third-order valence-electron chi connectivity index (χ3n) is 3.97. The predicted molar refractivity (Wildman–Crippen MR) is 89.7 cm³/mol. The van der Waals surface area contributed by atoms with Crippen LogP contribution in [0, 0.1) is 0 Å². The summed E-state index contributed by atoms with van der Waals surface area (Å²) in [5.41, 5.74) is 1.54. The van der Waals surface area contributed by atoms with Crippen LogP contribution in [-0.2, 0) is 11.3 Å². The van der Waals surface area contributed by atoms with Gasteiger partial charge in [-0.15, -0.1) is 0 Å².